The molecule has 1 heterocycles. The van der Waals surface area contributed by atoms with E-state index in [1.165, 1.54) is 12.8 Å². The molecule has 1 amide bonds. The van der Waals surface area contributed by atoms with Crippen molar-refractivity contribution in [3.8, 4) is 0 Å². The summed E-state index contributed by atoms with van der Waals surface area (Å²) < 4.78 is 0. The van der Waals surface area contributed by atoms with Gasteiger partial charge in [-0.1, -0.05) is 27.2 Å². The standard InChI is InChI=1S/C15H30N2O2.ClH/c1-4-11(2)14(18)10-17-15(19)9-12(3)13-5-7-16-8-6-13;/h11-14,16,18H,4-10H2,1-3H3,(H,17,19);1H. The summed E-state index contributed by atoms with van der Waals surface area (Å²) in [6, 6.07) is 0. The second-order valence-corrected chi connectivity index (χ2v) is 6.03. The monoisotopic (exact) mass is 306 g/mol. The summed E-state index contributed by atoms with van der Waals surface area (Å²) in [4.78, 5) is 11.9. The maximum Gasteiger partial charge on any atom is 0.220 e. The summed E-state index contributed by atoms with van der Waals surface area (Å²) in [5, 5.41) is 16.0. The van der Waals surface area contributed by atoms with E-state index in [0.717, 1.165) is 19.5 Å². The van der Waals surface area contributed by atoms with Gasteiger partial charge in [-0.15, -0.1) is 12.4 Å². The van der Waals surface area contributed by atoms with Crippen molar-refractivity contribution in [2.45, 2.75) is 52.6 Å². The van der Waals surface area contributed by atoms with Crippen LogP contribution in [0.2, 0.25) is 0 Å². The van der Waals surface area contributed by atoms with Crippen LogP contribution >= 0.6 is 12.4 Å². The molecule has 120 valence electrons. The van der Waals surface area contributed by atoms with Crippen molar-refractivity contribution < 1.29 is 9.90 Å². The molecule has 20 heavy (non-hydrogen) atoms. The van der Waals surface area contributed by atoms with Crippen LogP contribution < -0.4 is 10.6 Å². The smallest absolute Gasteiger partial charge is 0.220 e. The van der Waals surface area contributed by atoms with E-state index in [1.54, 1.807) is 0 Å². The zero-order valence-electron chi connectivity index (χ0n) is 13.0. The van der Waals surface area contributed by atoms with Gasteiger partial charge in [0.05, 0.1) is 6.10 Å². The minimum atomic E-state index is -0.428. The minimum absolute atomic E-state index is 0. The number of nitrogens with one attached hydrogen (secondary N) is 2. The first-order valence-corrected chi connectivity index (χ1v) is 7.70. The Hall–Kier alpha value is -0.320. The van der Waals surface area contributed by atoms with Gasteiger partial charge in [0.25, 0.3) is 0 Å². The van der Waals surface area contributed by atoms with Crippen molar-refractivity contribution in [1.29, 1.82) is 0 Å². The molecule has 0 aromatic carbocycles. The van der Waals surface area contributed by atoms with Crippen LogP contribution in [-0.2, 0) is 4.79 Å². The van der Waals surface area contributed by atoms with Gasteiger partial charge < -0.3 is 15.7 Å². The van der Waals surface area contributed by atoms with E-state index < -0.39 is 6.10 Å². The highest BCUT2D eigenvalue weighted by molar-refractivity contribution is 5.85. The molecular formula is C15H31ClN2O2. The lowest BCUT2D eigenvalue weighted by molar-refractivity contribution is -0.123. The zero-order chi connectivity index (χ0) is 14.3. The van der Waals surface area contributed by atoms with Crippen LogP contribution in [0.4, 0.5) is 0 Å². The molecule has 1 aliphatic rings. The van der Waals surface area contributed by atoms with Crippen molar-refractivity contribution in [3.63, 3.8) is 0 Å². The lowest BCUT2D eigenvalue weighted by atomic mass is 9.84. The van der Waals surface area contributed by atoms with Crippen LogP contribution in [0, 0.1) is 17.8 Å². The number of aliphatic hydroxyl groups is 1. The average Bonchev–Trinajstić information content (AvgIpc) is 2.44. The van der Waals surface area contributed by atoms with E-state index in [2.05, 4.69) is 24.5 Å². The highest BCUT2D eigenvalue weighted by Gasteiger charge is 2.22. The van der Waals surface area contributed by atoms with E-state index in [4.69, 9.17) is 0 Å². The van der Waals surface area contributed by atoms with Gasteiger partial charge in [0.2, 0.25) is 5.91 Å². The summed E-state index contributed by atoms with van der Waals surface area (Å²) in [7, 11) is 0. The molecule has 0 spiro atoms. The van der Waals surface area contributed by atoms with Gasteiger partial charge >= 0.3 is 0 Å². The molecule has 0 bridgehead atoms. The number of hydrogen-bond donors (Lipinski definition) is 3. The summed E-state index contributed by atoms with van der Waals surface area (Å²) >= 11 is 0. The number of rotatable bonds is 7. The summed E-state index contributed by atoms with van der Waals surface area (Å²) in [6.45, 7) is 8.75. The van der Waals surface area contributed by atoms with Gasteiger partial charge in [-0.25, -0.2) is 0 Å². The van der Waals surface area contributed by atoms with Crippen molar-refractivity contribution in [2.24, 2.45) is 17.8 Å². The van der Waals surface area contributed by atoms with E-state index in [9.17, 15) is 9.90 Å². The van der Waals surface area contributed by atoms with Gasteiger partial charge in [0, 0.05) is 13.0 Å². The molecule has 4 nitrogen and oxygen atoms in total. The quantitative estimate of drug-likeness (QED) is 0.674. The van der Waals surface area contributed by atoms with E-state index in [-0.39, 0.29) is 24.2 Å². The molecule has 5 heteroatoms. The Bertz CT molecular complexity index is 271. The Kier molecular flexibility index (Phi) is 10.2. The molecule has 0 radical (unpaired) electrons. The third-order valence-electron chi connectivity index (χ3n) is 4.51. The topological polar surface area (TPSA) is 61.4 Å². The van der Waals surface area contributed by atoms with Crippen LogP contribution in [0.3, 0.4) is 0 Å². The van der Waals surface area contributed by atoms with Crippen molar-refractivity contribution in [3.05, 3.63) is 0 Å². The molecule has 1 rings (SSSR count). The molecule has 3 atom stereocenters. The maximum atomic E-state index is 11.9. The molecule has 0 aromatic heterocycles. The number of aliphatic hydroxyl groups excluding tert-OH is 1. The molecular weight excluding hydrogens is 276 g/mol. The largest absolute Gasteiger partial charge is 0.391 e. The molecule has 1 saturated heterocycles. The number of carbonyl (C=O) groups is 1. The van der Waals surface area contributed by atoms with E-state index in [0.29, 0.717) is 24.8 Å². The fourth-order valence-electron chi connectivity index (χ4n) is 2.64. The normalized spacial score (nSPS) is 20.6. The second kappa shape index (κ2) is 10.4. The summed E-state index contributed by atoms with van der Waals surface area (Å²) in [5.74, 6) is 1.41. The SMILES string of the molecule is CCC(C)C(O)CNC(=O)CC(C)C1CCNCC1.Cl. The number of halogens is 1. The molecule has 3 unspecified atom stereocenters. The Balaban J connectivity index is 0.00000361. The van der Waals surface area contributed by atoms with E-state index in [1.807, 2.05) is 6.92 Å². The van der Waals surface area contributed by atoms with Crippen molar-refractivity contribution in [2.75, 3.05) is 19.6 Å². The van der Waals surface area contributed by atoms with Crippen LogP contribution in [0.5, 0.6) is 0 Å². The van der Waals surface area contributed by atoms with Gasteiger partial charge in [0.15, 0.2) is 0 Å². The van der Waals surface area contributed by atoms with Gasteiger partial charge in [0.1, 0.15) is 0 Å². The Morgan fingerprint density at radius 3 is 2.50 bits per heavy atom. The molecule has 1 aliphatic heterocycles. The highest BCUT2D eigenvalue weighted by Crippen LogP contribution is 2.24. The average molecular weight is 307 g/mol. The lowest BCUT2D eigenvalue weighted by Crippen LogP contribution is -2.37. The first kappa shape index (κ1) is 19.7. The maximum absolute atomic E-state index is 11.9. The highest BCUT2D eigenvalue weighted by atomic mass is 35.5. The molecule has 3 N–H and O–H groups in total. The number of carbonyl (C=O) groups excluding carboxylic acids is 1. The van der Waals surface area contributed by atoms with Gasteiger partial charge in [-0.3, -0.25) is 4.79 Å². The zero-order valence-corrected chi connectivity index (χ0v) is 13.8. The van der Waals surface area contributed by atoms with Crippen LogP contribution in [0.1, 0.15) is 46.5 Å². The number of piperidine rings is 1. The van der Waals surface area contributed by atoms with Crippen molar-refractivity contribution >= 4 is 18.3 Å². The lowest BCUT2D eigenvalue weighted by Gasteiger charge is -2.28. The van der Waals surface area contributed by atoms with Crippen LogP contribution in [0.25, 0.3) is 0 Å². The first-order valence-electron chi connectivity index (χ1n) is 7.70. The van der Waals surface area contributed by atoms with Gasteiger partial charge in [-0.2, -0.15) is 0 Å². The third kappa shape index (κ3) is 6.91. The molecule has 0 aliphatic carbocycles. The summed E-state index contributed by atoms with van der Waals surface area (Å²) in [6.07, 6.45) is 3.43. The predicted octanol–water partition coefficient (Wildman–Crippen LogP) is 1.96. The predicted molar refractivity (Wildman–Crippen MR) is 85.1 cm³/mol. The van der Waals surface area contributed by atoms with Crippen LogP contribution in [-0.4, -0.2) is 36.8 Å². The second-order valence-electron chi connectivity index (χ2n) is 6.03. The number of amides is 1. The van der Waals surface area contributed by atoms with Gasteiger partial charge in [-0.05, 0) is 43.7 Å². The minimum Gasteiger partial charge on any atom is -0.391 e. The Morgan fingerprint density at radius 1 is 1.35 bits per heavy atom. The van der Waals surface area contributed by atoms with Crippen LogP contribution in [0.15, 0.2) is 0 Å². The number of hydrogen-bond acceptors (Lipinski definition) is 3. The molecule has 1 fully saturated rings. The fourth-order valence-corrected chi connectivity index (χ4v) is 2.64. The Labute approximate surface area is 129 Å². The fraction of sp³-hybridized carbons (Fsp3) is 0.933. The third-order valence-corrected chi connectivity index (χ3v) is 4.51. The molecule has 0 saturated carbocycles. The van der Waals surface area contributed by atoms with E-state index >= 15 is 0 Å². The summed E-state index contributed by atoms with van der Waals surface area (Å²) in [5.41, 5.74) is 0. The Morgan fingerprint density at radius 2 is 1.95 bits per heavy atom. The molecule has 0 aromatic rings. The first-order chi connectivity index (χ1) is 9.04. The van der Waals surface area contributed by atoms with Crippen molar-refractivity contribution in [1.82, 2.24) is 10.6 Å².